The summed E-state index contributed by atoms with van der Waals surface area (Å²) in [6.45, 7) is 4.76. The van der Waals surface area contributed by atoms with Gasteiger partial charge in [-0.25, -0.2) is 8.42 Å². The molecule has 1 saturated heterocycles. The van der Waals surface area contributed by atoms with Crippen LogP contribution in [0.2, 0.25) is 0 Å². The quantitative estimate of drug-likeness (QED) is 0.854. The Kier molecular flexibility index (Phi) is 3.64. The molecule has 2 N–H and O–H groups in total. The zero-order valence-electron chi connectivity index (χ0n) is 10.8. The Bertz CT molecular complexity index is 508. The van der Waals surface area contributed by atoms with Crippen molar-refractivity contribution in [2.75, 3.05) is 12.3 Å². The van der Waals surface area contributed by atoms with E-state index in [1.54, 1.807) is 28.6 Å². The highest BCUT2D eigenvalue weighted by atomic mass is 32.2. The predicted molar refractivity (Wildman–Crippen MR) is 72.6 cm³/mol. The normalized spacial score (nSPS) is 21.6. The maximum Gasteiger partial charge on any atom is 0.243 e. The lowest BCUT2D eigenvalue weighted by atomic mass is 10.0. The SMILES string of the molecule is CC(C)C1CCCN1S(=O)(=O)c1ccc(N)cc1. The summed E-state index contributed by atoms with van der Waals surface area (Å²) < 4.78 is 26.7. The highest BCUT2D eigenvalue weighted by Gasteiger charge is 2.36. The molecule has 0 spiro atoms. The lowest BCUT2D eigenvalue weighted by Gasteiger charge is -2.26. The van der Waals surface area contributed by atoms with Crippen LogP contribution in [0.25, 0.3) is 0 Å². The minimum Gasteiger partial charge on any atom is -0.399 e. The van der Waals surface area contributed by atoms with Gasteiger partial charge in [-0.05, 0) is 43.0 Å². The maximum atomic E-state index is 12.5. The highest BCUT2D eigenvalue weighted by Crippen LogP contribution is 2.30. The van der Waals surface area contributed by atoms with Crippen LogP contribution in [-0.4, -0.2) is 25.3 Å². The van der Waals surface area contributed by atoms with Crippen molar-refractivity contribution in [2.24, 2.45) is 5.92 Å². The summed E-state index contributed by atoms with van der Waals surface area (Å²) in [7, 11) is -3.37. The summed E-state index contributed by atoms with van der Waals surface area (Å²) in [4.78, 5) is 0.337. The fraction of sp³-hybridized carbons (Fsp3) is 0.538. The van der Waals surface area contributed by atoms with E-state index in [1.807, 2.05) is 0 Å². The third kappa shape index (κ3) is 2.37. The molecular weight excluding hydrogens is 248 g/mol. The van der Waals surface area contributed by atoms with Crippen molar-refractivity contribution in [3.63, 3.8) is 0 Å². The number of benzene rings is 1. The van der Waals surface area contributed by atoms with Gasteiger partial charge in [0.1, 0.15) is 0 Å². The molecule has 0 saturated carbocycles. The van der Waals surface area contributed by atoms with Crippen LogP contribution < -0.4 is 5.73 Å². The molecule has 2 rings (SSSR count). The van der Waals surface area contributed by atoms with E-state index >= 15 is 0 Å². The third-order valence-electron chi connectivity index (χ3n) is 3.50. The molecule has 100 valence electrons. The third-order valence-corrected chi connectivity index (χ3v) is 5.44. The molecule has 1 aromatic rings. The Morgan fingerprint density at radius 3 is 2.44 bits per heavy atom. The number of nitrogen functional groups attached to an aromatic ring is 1. The van der Waals surface area contributed by atoms with Gasteiger partial charge in [-0.1, -0.05) is 13.8 Å². The van der Waals surface area contributed by atoms with Crippen molar-refractivity contribution in [3.8, 4) is 0 Å². The van der Waals surface area contributed by atoms with Crippen molar-refractivity contribution < 1.29 is 8.42 Å². The predicted octanol–water partition coefficient (Wildman–Crippen LogP) is 2.08. The van der Waals surface area contributed by atoms with Crippen LogP contribution >= 0.6 is 0 Å². The Morgan fingerprint density at radius 2 is 1.89 bits per heavy atom. The van der Waals surface area contributed by atoms with Gasteiger partial charge in [-0.2, -0.15) is 4.31 Å². The van der Waals surface area contributed by atoms with Gasteiger partial charge in [0.05, 0.1) is 4.90 Å². The average Bonchev–Trinajstić information content (AvgIpc) is 2.79. The number of anilines is 1. The van der Waals surface area contributed by atoms with E-state index in [1.165, 1.54) is 0 Å². The van der Waals surface area contributed by atoms with Crippen LogP contribution in [0.1, 0.15) is 26.7 Å². The van der Waals surface area contributed by atoms with Crippen LogP contribution in [0.3, 0.4) is 0 Å². The van der Waals surface area contributed by atoms with E-state index in [-0.39, 0.29) is 6.04 Å². The molecule has 1 heterocycles. The number of sulfonamides is 1. The van der Waals surface area contributed by atoms with Crippen molar-refractivity contribution in [1.29, 1.82) is 0 Å². The van der Waals surface area contributed by atoms with Gasteiger partial charge in [-0.15, -0.1) is 0 Å². The van der Waals surface area contributed by atoms with Crippen molar-refractivity contribution >= 4 is 15.7 Å². The van der Waals surface area contributed by atoms with E-state index in [0.29, 0.717) is 23.0 Å². The van der Waals surface area contributed by atoms with Crippen LogP contribution in [-0.2, 0) is 10.0 Å². The standard InChI is InChI=1S/C13H20N2O2S/c1-10(2)13-4-3-9-15(13)18(16,17)12-7-5-11(14)6-8-12/h5-8,10,13H,3-4,9,14H2,1-2H3. The Hall–Kier alpha value is -1.07. The molecule has 0 bridgehead atoms. The largest absolute Gasteiger partial charge is 0.399 e. The lowest BCUT2D eigenvalue weighted by molar-refractivity contribution is 0.316. The molecule has 1 aromatic carbocycles. The molecule has 1 atom stereocenters. The van der Waals surface area contributed by atoms with Gasteiger partial charge in [0.2, 0.25) is 10.0 Å². The molecule has 5 heteroatoms. The zero-order chi connectivity index (χ0) is 13.3. The van der Waals surface area contributed by atoms with Gasteiger partial charge >= 0.3 is 0 Å². The second-order valence-corrected chi connectivity index (χ2v) is 7.03. The molecule has 0 amide bonds. The van der Waals surface area contributed by atoms with E-state index in [9.17, 15) is 8.42 Å². The molecule has 1 unspecified atom stereocenters. The molecule has 0 aromatic heterocycles. The average molecular weight is 268 g/mol. The van der Waals surface area contributed by atoms with Gasteiger partial charge in [0.15, 0.2) is 0 Å². The van der Waals surface area contributed by atoms with Gasteiger partial charge < -0.3 is 5.73 Å². The molecule has 18 heavy (non-hydrogen) atoms. The van der Waals surface area contributed by atoms with E-state index in [4.69, 9.17) is 5.73 Å². The maximum absolute atomic E-state index is 12.5. The molecule has 1 aliphatic heterocycles. The number of nitrogens with two attached hydrogens (primary N) is 1. The van der Waals surface area contributed by atoms with E-state index in [0.717, 1.165) is 12.8 Å². The first-order valence-corrected chi connectivity index (χ1v) is 7.74. The fourth-order valence-electron chi connectivity index (χ4n) is 2.51. The number of rotatable bonds is 3. The van der Waals surface area contributed by atoms with Crippen LogP contribution in [0.5, 0.6) is 0 Å². The number of hydrogen-bond acceptors (Lipinski definition) is 3. The van der Waals surface area contributed by atoms with Crippen molar-refractivity contribution in [1.82, 2.24) is 4.31 Å². The highest BCUT2D eigenvalue weighted by molar-refractivity contribution is 7.89. The molecule has 0 aliphatic carbocycles. The monoisotopic (exact) mass is 268 g/mol. The van der Waals surface area contributed by atoms with Crippen LogP contribution in [0.15, 0.2) is 29.2 Å². The summed E-state index contributed by atoms with van der Waals surface area (Å²) in [6, 6.07) is 6.55. The van der Waals surface area contributed by atoms with E-state index in [2.05, 4.69) is 13.8 Å². The molecule has 1 aliphatic rings. The summed E-state index contributed by atoms with van der Waals surface area (Å²) in [5.74, 6) is 0.344. The Morgan fingerprint density at radius 1 is 1.28 bits per heavy atom. The summed E-state index contributed by atoms with van der Waals surface area (Å²) in [5, 5.41) is 0. The first-order chi connectivity index (χ1) is 8.43. The lowest BCUT2D eigenvalue weighted by Crippen LogP contribution is -2.38. The topological polar surface area (TPSA) is 63.4 Å². The fourth-order valence-corrected chi connectivity index (χ4v) is 4.33. The van der Waals surface area contributed by atoms with Crippen LogP contribution in [0.4, 0.5) is 5.69 Å². The van der Waals surface area contributed by atoms with E-state index < -0.39 is 10.0 Å². The molecule has 4 nitrogen and oxygen atoms in total. The summed E-state index contributed by atoms with van der Waals surface area (Å²) >= 11 is 0. The zero-order valence-corrected chi connectivity index (χ0v) is 11.7. The number of nitrogens with zero attached hydrogens (tertiary/aromatic N) is 1. The molecule has 0 radical (unpaired) electrons. The Labute approximate surface area is 109 Å². The number of hydrogen-bond donors (Lipinski definition) is 1. The van der Waals surface area contributed by atoms with Crippen LogP contribution in [0, 0.1) is 5.92 Å². The molecule has 1 fully saturated rings. The summed E-state index contributed by atoms with van der Waals surface area (Å²) in [6.07, 6.45) is 1.89. The first-order valence-electron chi connectivity index (χ1n) is 6.30. The van der Waals surface area contributed by atoms with Crippen molar-refractivity contribution in [2.45, 2.75) is 37.6 Å². The molecular formula is C13H20N2O2S. The second-order valence-electron chi connectivity index (χ2n) is 5.14. The van der Waals surface area contributed by atoms with Gasteiger partial charge in [-0.3, -0.25) is 0 Å². The minimum absolute atomic E-state index is 0.118. The van der Waals surface area contributed by atoms with Crippen molar-refractivity contribution in [3.05, 3.63) is 24.3 Å². The summed E-state index contributed by atoms with van der Waals surface area (Å²) in [5.41, 5.74) is 6.17. The second kappa shape index (κ2) is 4.90. The van der Waals surface area contributed by atoms with Gasteiger partial charge in [0.25, 0.3) is 0 Å². The minimum atomic E-state index is -3.37. The smallest absolute Gasteiger partial charge is 0.243 e. The first kappa shape index (κ1) is 13.4. The Balaban J connectivity index is 2.33. The van der Waals surface area contributed by atoms with Gasteiger partial charge in [0, 0.05) is 18.3 Å².